The van der Waals surface area contributed by atoms with Crippen LogP contribution in [0.1, 0.15) is 24.2 Å². The lowest BCUT2D eigenvalue weighted by Crippen LogP contribution is -2.57. The third kappa shape index (κ3) is 2.89. The van der Waals surface area contributed by atoms with Crippen molar-refractivity contribution in [3.05, 3.63) is 32.9 Å². The lowest BCUT2D eigenvalue weighted by atomic mass is 10.1. The molecule has 2 atom stereocenters. The minimum absolute atomic E-state index is 0.0187. The highest BCUT2D eigenvalue weighted by Crippen LogP contribution is 2.21. The molecule has 0 aromatic heterocycles. The summed E-state index contributed by atoms with van der Waals surface area (Å²) in [4.78, 5) is 14.1. The van der Waals surface area contributed by atoms with Crippen molar-refractivity contribution in [2.24, 2.45) is 0 Å². The second-order valence-corrected chi connectivity index (χ2v) is 5.89. The third-order valence-electron chi connectivity index (χ3n) is 3.54. The molecule has 1 fully saturated rings. The Kier molecular flexibility index (Phi) is 4.39. The van der Waals surface area contributed by atoms with Crippen LogP contribution < -0.4 is 5.32 Å². The van der Waals surface area contributed by atoms with Gasteiger partial charge in [0, 0.05) is 28.7 Å². The first kappa shape index (κ1) is 14.6. The van der Waals surface area contributed by atoms with E-state index in [2.05, 4.69) is 5.32 Å². The van der Waals surface area contributed by atoms with Crippen LogP contribution in [0.4, 0.5) is 8.78 Å². The molecule has 1 aromatic rings. The van der Waals surface area contributed by atoms with Crippen LogP contribution in [0.3, 0.4) is 0 Å². The minimum Gasteiger partial charge on any atom is -0.333 e. The van der Waals surface area contributed by atoms with Crippen LogP contribution in [0.5, 0.6) is 0 Å². The number of hydrogen-bond donors (Lipinski definition) is 1. The number of benzene rings is 1. The Morgan fingerprint density at radius 3 is 2.68 bits per heavy atom. The van der Waals surface area contributed by atoms with Gasteiger partial charge in [0.15, 0.2) is 11.6 Å². The van der Waals surface area contributed by atoms with E-state index in [1.165, 1.54) is 0 Å². The number of carbonyl (C=O) groups is 1. The number of hydrogen-bond acceptors (Lipinski definition) is 2. The maximum Gasteiger partial charge on any atom is 0.255 e. The lowest BCUT2D eigenvalue weighted by Gasteiger charge is -2.38. The van der Waals surface area contributed by atoms with Crippen LogP contribution in [-0.4, -0.2) is 36.0 Å². The first-order chi connectivity index (χ1) is 8.91. The van der Waals surface area contributed by atoms with E-state index in [1.54, 1.807) is 4.90 Å². The fourth-order valence-corrected chi connectivity index (χ4v) is 2.84. The number of nitrogens with zero attached hydrogens (tertiary/aromatic N) is 1. The zero-order valence-corrected chi connectivity index (χ0v) is 12.9. The molecule has 0 bridgehead atoms. The van der Waals surface area contributed by atoms with Gasteiger partial charge in [0.05, 0.1) is 5.56 Å². The molecular formula is C13H15F2IN2O. The summed E-state index contributed by atoms with van der Waals surface area (Å²) in [6, 6.07) is 2.24. The van der Waals surface area contributed by atoms with E-state index >= 15 is 0 Å². The number of rotatable bonds is 1. The summed E-state index contributed by atoms with van der Waals surface area (Å²) in [6.07, 6.45) is 0. The van der Waals surface area contributed by atoms with Gasteiger partial charge in [0.2, 0.25) is 0 Å². The molecule has 1 aliphatic heterocycles. The van der Waals surface area contributed by atoms with Crippen molar-refractivity contribution in [3.63, 3.8) is 0 Å². The Labute approximate surface area is 124 Å². The normalized spacial score (nSPS) is 23.5. The van der Waals surface area contributed by atoms with Crippen molar-refractivity contribution >= 4 is 28.5 Å². The molecule has 0 saturated carbocycles. The molecule has 1 aliphatic rings. The maximum atomic E-state index is 13.3. The second-order valence-electron chi connectivity index (χ2n) is 4.73. The summed E-state index contributed by atoms with van der Waals surface area (Å²) in [6.45, 7) is 5.22. The summed E-state index contributed by atoms with van der Waals surface area (Å²) >= 11 is 1.86. The van der Waals surface area contributed by atoms with Crippen molar-refractivity contribution < 1.29 is 13.6 Å². The topological polar surface area (TPSA) is 32.3 Å². The summed E-state index contributed by atoms with van der Waals surface area (Å²) in [5.74, 6) is -2.16. The summed E-state index contributed by atoms with van der Waals surface area (Å²) in [5.41, 5.74) is 0.223. The van der Waals surface area contributed by atoms with Crippen molar-refractivity contribution in [2.75, 3.05) is 13.1 Å². The van der Waals surface area contributed by atoms with Crippen molar-refractivity contribution in [1.82, 2.24) is 10.2 Å². The average molecular weight is 380 g/mol. The largest absolute Gasteiger partial charge is 0.333 e. The van der Waals surface area contributed by atoms with E-state index in [9.17, 15) is 13.6 Å². The molecule has 0 spiro atoms. The fourth-order valence-electron chi connectivity index (χ4n) is 2.18. The van der Waals surface area contributed by atoms with Crippen LogP contribution in [0.25, 0.3) is 0 Å². The zero-order chi connectivity index (χ0) is 14.2. The van der Waals surface area contributed by atoms with Crippen LogP contribution in [0, 0.1) is 15.2 Å². The van der Waals surface area contributed by atoms with Gasteiger partial charge in [-0.2, -0.15) is 0 Å². The molecule has 0 aliphatic carbocycles. The van der Waals surface area contributed by atoms with Crippen LogP contribution >= 0.6 is 22.6 Å². The van der Waals surface area contributed by atoms with Gasteiger partial charge in [-0.05, 0) is 48.6 Å². The van der Waals surface area contributed by atoms with Gasteiger partial charge < -0.3 is 10.2 Å². The monoisotopic (exact) mass is 380 g/mol. The van der Waals surface area contributed by atoms with Gasteiger partial charge in [0.25, 0.3) is 5.91 Å². The van der Waals surface area contributed by atoms with E-state index in [0.29, 0.717) is 16.7 Å². The average Bonchev–Trinajstić information content (AvgIpc) is 2.36. The number of carbonyl (C=O) groups excluding carboxylic acids is 1. The SMILES string of the molecule is CC1NCCN(C(=O)c2cc(F)c(F)cc2I)C1C. The molecule has 19 heavy (non-hydrogen) atoms. The lowest BCUT2D eigenvalue weighted by molar-refractivity contribution is 0.0601. The second kappa shape index (κ2) is 5.70. The van der Waals surface area contributed by atoms with Crippen molar-refractivity contribution in [2.45, 2.75) is 25.9 Å². The number of halogens is 3. The minimum atomic E-state index is -0.986. The van der Waals surface area contributed by atoms with Crippen molar-refractivity contribution in [1.29, 1.82) is 0 Å². The summed E-state index contributed by atoms with van der Waals surface area (Å²) in [5, 5.41) is 3.27. The van der Waals surface area contributed by atoms with Crippen LogP contribution in [0.15, 0.2) is 12.1 Å². The number of piperazine rings is 1. The van der Waals surface area contributed by atoms with E-state index < -0.39 is 11.6 Å². The smallest absolute Gasteiger partial charge is 0.255 e. The zero-order valence-electron chi connectivity index (χ0n) is 10.7. The molecule has 2 rings (SSSR count). The molecule has 0 radical (unpaired) electrons. The van der Waals surface area contributed by atoms with Gasteiger partial charge in [-0.25, -0.2) is 8.78 Å². The Balaban J connectivity index is 2.31. The molecule has 6 heteroatoms. The highest BCUT2D eigenvalue weighted by molar-refractivity contribution is 14.1. The van der Waals surface area contributed by atoms with Gasteiger partial charge >= 0.3 is 0 Å². The van der Waals surface area contributed by atoms with E-state index in [0.717, 1.165) is 12.1 Å². The Morgan fingerprint density at radius 1 is 1.37 bits per heavy atom. The maximum absolute atomic E-state index is 13.3. The predicted molar refractivity (Wildman–Crippen MR) is 77.0 cm³/mol. The highest BCUT2D eigenvalue weighted by atomic mass is 127. The van der Waals surface area contributed by atoms with E-state index in [1.807, 2.05) is 36.4 Å². The van der Waals surface area contributed by atoms with Crippen molar-refractivity contribution in [3.8, 4) is 0 Å². The standard InChI is InChI=1S/C13H15F2IN2O/c1-7-8(2)18(4-3-17-7)13(19)9-5-10(14)11(15)6-12(9)16/h5-8,17H,3-4H2,1-2H3. The Morgan fingerprint density at radius 2 is 2.00 bits per heavy atom. The van der Waals surface area contributed by atoms with E-state index in [-0.39, 0.29) is 23.6 Å². The van der Waals surface area contributed by atoms with Gasteiger partial charge in [-0.3, -0.25) is 4.79 Å². The molecule has 1 heterocycles. The molecule has 1 amide bonds. The first-order valence-electron chi connectivity index (χ1n) is 6.10. The Bertz CT molecular complexity index is 510. The Hall–Kier alpha value is -0.760. The molecule has 1 N–H and O–H groups in total. The quantitative estimate of drug-likeness (QED) is 0.600. The van der Waals surface area contributed by atoms with Gasteiger partial charge in [-0.1, -0.05) is 0 Å². The molecule has 3 nitrogen and oxygen atoms in total. The molecular weight excluding hydrogens is 365 g/mol. The molecule has 2 unspecified atom stereocenters. The van der Waals surface area contributed by atoms with Crippen LogP contribution in [-0.2, 0) is 0 Å². The van der Waals surface area contributed by atoms with Gasteiger partial charge in [0.1, 0.15) is 0 Å². The molecule has 104 valence electrons. The first-order valence-corrected chi connectivity index (χ1v) is 7.18. The number of amides is 1. The highest BCUT2D eigenvalue weighted by Gasteiger charge is 2.30. The molecule has 1 aromatic carbocycles. The summed E-state index contributed by atoms with van der Waals surface area (Å²) < 4.78 is 26.8. The van der Waals surface area contributed by atoms with Gasteiger partial charge in [-0.15, -0.1) is 0 Å². The third-order valence-corrected chi connectivity index (χ3v) is 4.43. The fraction of sp³-hybridized carbons (Fsp3) is 0.462. The summed E-state index contributed by atoms with van der Waals surface area (Å²) in [7, 11) is 0. The predicted octanol–water partition coefficient (Wildman–Crippen LogP) is 2.39. The van der Waals surface area contributed by atoms with E-state index in [4.69, 9.17) is 0 Å². The molecule has 1 saturated heterocycles. The van der Waals surface area contributed by atoms with Crippen LogP contribution in [0.2, 0.25) is 0 Å². The number of nitrogens with one attached hydrogen (secondary N) is 1.